The van der Waals surface area contributed by atoms with Crippen molar-refractivity contribution in [1.29, 1.82) is 10.5 Å². The molecule has 0 aliphatic heterocycles. The molecule has 0 bridgehead atoms. The van der Waals surface area contributed by atoms with E-state index in [1.54, 1.807) is 19.6 Å². The van der Waals surface area contributed by atoms with Gasteiger partial charge in [-0.2, -0.15) is 20.5 Å². The fourth-order valence-corrected chi connectivity index (χ4v) is 2.11. The Balaban J connectivity index is 3.64. The number of rotatable bonds is 2. The molecular formula is C16H24N10. The molecule has 0 radical (unpaired) electrons. The van der Waals surface area contributed by atoms with Crippen LogP contribution in [-0.4, -0.2) is 97.9 Å². The van der Waals surface area contributed by atoms with Crippen molar-refractivity contribution in [2.24, 2.45) is 9.98 Å². The summed E-state index contributed by atoms with van der Waals surface area (Å²) in [6.07, 6.45) is 0. The molecule has 10 nitrogen and oxygen atoms in total. The first-order valence-electron chi connectivity index (χ1n) is 7.71. The summed E-state index contributed by atoms with van der Waals surface area (Å²) in [7, 11) is 14.6. The van der Waals surface area contributed by atoms with Crippen molar-refractivity contribution in [3.05, 3.63) is 11.4 Å². The third-order valence-electron chi connectivity index (χ3n) is 3.08. The second-order valence-electron chi connectivity index (χ2n) is 6.19. The van der Waals surface area contributed by atoms with Crippen molar-refractivity contribution in [3.63, 3.8) is 0 Å². The fraction of sp³-hybridized carbons (Fsp3) is 0.500. The monoisotopic (exact) mass is 356 g/mol. The highest BCUT2D eigenvalue weighted by molar-refractivity contribution is 5.83. The summed E-state index contributed by atoms with van der Waals surface area (Å²) in [5, 5.41) is 18.9. The van der Waals surface area contributed by atoms with Gasteiger partial charge in [0.15, 0.2) is 23.0 Å². The van der Waals surface area contributed by atoms with Crippen LogP contribution in [0.1, 0.15) is 11.4 Å². The summed E-state index contributed by atoms with van der Waals surface area (Å²) in [6, 6.07) is 3.96. The standard InChI is InChI=1S/C16H24N10/c1-23(2)15(24(3)4)21-13-11(9-17)20-14(12(10-18)19-13)22-16(25(5)6)26(7)8/h1-8H3. The minimum absolute atomic E-state index is 0.000752. The summed E-state index contributed by atoms with van der Waals surface area (Å²) in [6.45, 7) is 0. The average molecular weight is 356 g/mol. The lowest BCUT2D eigenvalue weighted by molar-refractivity contribution is 0.483. The van der Waals surface area contributed by atoms with Gasteiger partial charge in [0.25, 0.3) is 0 Å². The minimum atomic E-state index is 0.000752. The van der Waals surface area contributed by atoms with Crippen LogP contribution in [-0.2, 0) is 0 Å². The number of nitriles is 2. The van der Waals surface area contributed by atoms with Gasteiger partial charge in [0.05, 0.1) is 0 Å². The third kappa shape index (κ3) is 4.80. The van der Waals surface area contributed by atoms with Crippen LogP contribution in [0.4, 0.5) is 11.6 Å². The van der Waals surface area contributed by atoms with Gasteiger partial charge in [0.2, 0.25) is 11.9 Å². The number of aromatic nitrogens is 2. The predicted molar refractivity (Wildman–Crippen MR) is 100 cm³/mol. The van der Waals surface area contributed by atoms with E-state index in [0.29, 0.717) is 11.9 Å². The molecule has 0 atom stereocenters. The van der Waals surface area contributed by atoms with Crippen LogP contribution >= 0.6 is 0 Å². The van der Waals surface area contributed by atoms with E-state index in [1.807, 2.05) is 68.5 Å². The Labute approximate surface area is 154 Å². The van der Waals surface area contributed by atoms with Crippen molar-refractivity contribution < 1.29 is 0 Å². The minimum Gasteiger partial charge on any atom is -0.349 e. The van der Waals surface area contributed by atoms with Crippen molar-refractivity contribution in [2.75, 3.05) is 56.4 Å². The first kappa shape index (κ1) is 20.6. The molecule has 138 valence electrons. The van der Waals surface area contributed by atoms with Gasteiger partial charge < -0.3 is 19.6 Å². The number of guanidine groups is 2. The highest BCUT2D eigenvalue weighted by atomic mass is 15.4. The first-order chi connectivity index (χ1) is 12.1. The average Bonchev–Trinajstić information content (AvgIpc) is 2.55. The van der Waals surface area contributed by atoms with E-state index < -0.39 is 0 Å². The zero-order valence-corrected chi connectivity index (χ0v) is 16.5. The van der Waals surface area contributed by atoms with Crippen molar-refractivity contribution in [3.8, 4) is 12.1 Å². The Kier molecular flexibility index (Phi) is 6.85. The van der Waals surface area contributed by atoms with Gasteiger partial charge in [-0.15, -0.1) is 0 Å². The normalized spacial score (nSPS) is 9.46. The second kappa shape index (κ2) is 8.62. The molecule has 0 N–H and O–H groups in total. The van der Waals surface area contributed by atoms with E-state index in [0.717, 1.165) is 0 Å². The van der Waals surface area contributed by atoms with E-state index in [2.05, 4.69) is 20.0 Å². The lowest BCUT2D eigenvalue weighted by Crippen LogP contribution is -2.35. The molecule has 0 saturated carbocycles. The fourth-order valence-electron chi connectivity index (χ4n) is 2.11. The van der Waals surface area contributed by atoms with Gasteiger partial charge in [-0.1, -0.05) is 0 Å². The molecular weight excluding hydrogens is 332 g/mol. The Morgan fingerprint density at radius 2 is 0.923 bits per heavy atom. The zero-order valence-electron chi connectivity index (χ0n) is 16.5. The maximum atomic E-state index is 9.45. The number of hydrogen-bond donors (Lipinski definition) is 0. The number of hydrogen-bond acceptors (Lipinski definition) is 6. The Bertz CT molecular complexity index is 703. The molecule has 1 heterocycles. The largest absolute Gasteiger partial charge is 0.349 e. The van der Waals surface area contributed by atoms with Crippen LogP contribution < -0.4 is 0 Å². The Morgan fingerprint density at radius 3 is 1.12 bits per heavy atom. The molecule has 0 fully saturated rings. The molecule has 0 aromatic carbocycles. The van der Waals surface area contributed by atoms with E-state index in [9.17, 15) is 10.5 Å². The summed E-state index contributed by atoms with van der Waals surface area (Å²) in [4.78, 5) is 24.3. The molecule has 0 spiro atoms. The van der Waals surface area contributed by atoms with Crippen LogP contribution in [0.15, 0.2) is 9.98 Å². The van der Waals surface area contributed by atoms with Crippen molar-refractivity contribution in [2.45, 2.75) is 0 Å². The zero-order chi connectivity index (χ0) is 20.0. The Morgan fingerprint density at radius 1 is 0.654 bits per heavy atom. The topological polar surface area (TPSA) is 111 Å². The molecule has 0 aliphatic carbocycles. The number of aliphatic imine (C=N–C) groups is 2. The van der Waals surface area contributed by atoms with Gasteiger partial charge >= 0.3 is 0 Å². The summed E-state index contributed by atoms with van der Waals surface area (Å²) < 4.78 is 0. The molecule has 0 aliphatic rings. The lowest BCUT2D eigenvalue weighted by atomic mass is 10.3. The Hall–Kier alpha value is -3.40. The summed E-state index contributed by atoms with van der Waals surface area (Å²) >= 11 is 0. The summed E-state index contributed by atoms with van der Waals surface area (Å²) in [5.74, 6) is 1.30. The van der Waals surface area contributed by atoms with E-state index >= 15 is 0 Å². The maximum Gasteiger partial charge on any atom is 0.202 e. The van der Waals surface area contributed by atoms with Crippen LogP contribution in [0.25, 0.3) is 0 Å². The molecule has 1 rings (SSSR count). The maximum absolute atomic E-state index is 9.45. The second-order valence-corrected chi connectivity index (χ2v) is 6.19. The first-order valence-corrected chi connectivity index (χ1v) is 7.71. The molecule has 0 amide bonds. The van der Waals surface area contributed by atoms with Gasteiger partial charge in [-0.25, -0.2) is 9.97 Å². The van der Waals surface area contributed by atoms with E-state index in [1.165, 1.54) is 0 Å². The molecule has 0 saturated heterocycles. The number of nitrogens with zero attached hydrogens (tertiary/aromatic N) is 10. The quantitative estimate of drug-likeness (QED) is 0.554. The van der Waals surface area contributed by atoms with E-state index in [-0.39, 0.29) is 23.0 Å². The van der Waals surface area contributed by atoms with Crippen LogP contribution in [0.3, 0.4) is 0 Å². The highest BCUT2D eigenvalue weighted by Crippen LogP contribution is 2.22. The molecule has 0 unspecified atom stereocenters. The van der Waals surface area contributed by atoms with Gasteiger partial charge in [0.1, 0.15) is 12.1 Å². The lowest BCUT2D eigenvalue weighted by Gasteiger charge is -2.23. The molecule has 26 heavy (non-hydrogen) atoms. The van der Waals surface area contributed by atoms with Gasteiger partial charge in [-0.3, -0.25) is 0 Å². The van der Waals surface area contributed by atoms with Crippen LogP contribution in [0.5, 0.6) is 0 Å². The van der Waals surface area contributed by atoms with E-state index in [4.69, 9.17) is 0 Å². The van der Waals surface area contributed by atoms with Crippen LogP contribution in [0.2, 0.25) is 0 Å². The van der Waals surface area contributed by atoms with Crippen molar-refractivity contribution >= 4 is 23.6 Å². The molecule has 1 aromatic rings. The van der Waals surface area contributed by atoms with Gasteiger partial charge in [0, 0.05) is 56.4 Å². The predicted octanol–water partition coefficient (Wildman–Crippen LogP) is 0.441. The highest BCUT2D eigenvalue weighted by Gasteiger charge is 2.17. The third-order valence-corrected chi connectivity index (χ3v) is 3.08. The summed E-state index contributed by atoms with van der Waals surface area (Å²) in [5.41, 5.74) is 0.00150. The van der Waals surface area contributed by atoms with Crippen LogP contribution in [0, 0.1) is 22.7 Å². The molecule has 10 heteroatoms. The SMILES string of the molecule is CN(C)C(=Nc1nc(C#N)c(N=C(N(C)C)N(C)C)nc1C#N)N(C)C. The van der Waals surface area contributed by atoms with Crippen molar-refractivity contribution in [1.82, 2.24) is 29.6 Å². The smallest absolute Gasteiger partial charge is 0.202 e. The van der Waals surface area contributed by atoms with Gasteiger partial charge in [-0.05, 0) is 0 Å². The molecule has 1 aromatic heterocycles.